The lowest BCUT2D eigenvalue weighted by molar-refractivity contribution is -0.129. The molecule has 0 unspecified atom stereocenters. The molecular weight excluding hydrogens is 383 g/mol. The van der Waals surface area contributed by atoms with E-state index in [1.165, 1.54) is 52.8 Å². The molecule has 1 aliphatic rings. The SMILES string of the molecule is CCN(CC)S(=O)(=O)c1ccc(C2=N/C(=C\c3cccc(F)c3)C(=O)O2)cc1. The van der Waals surface area contributed by atoms with E-state index in [0.29, 0.717) is 24.2 Å². The van der Waals surface area contributed by atoms with Gasteiger partial charge in [-0.15, -0.1) is 0 Å². The molecule has 3 rings (SSSR count). The average Bonchev–Trinajstić information content (AvgIpc) is 3.03. The number of hydrogen-bond acceptors (Lipinski definition) is 5. The van der Waals surface area contributed by atoms with E-state index in [2.05, 4.69) is 4.99 Å². The van der Waals surface area contributed by atoms with Crippen molar-refractivity contribution < 1.29 is 22.3 Å². The molecule has 1 aliphatic heterocycles. The Bertz CT molecular complexity index is 1060. The number of benzene rings is 2. The van der Waals surface area contributed by atoms with E-state index in [9.17, 15) is 17.6 Å². The number of nitrogens with zero attached hydrogens (tertiary/aromatic N) is 2. The minimum Gasteiger partial charge on any atom is -0.402 e. The summed E-state index contributed by atoms with van der Waals surface area (Å²) in [6.45, 7) is 4.29. The zero-order chi connectivity index (χ0) is 20.3. The lowest BCUT2D eigenvalue weighted by Crippen LogP contribution is -2.30. The van der Waals surface area contributed by atoms with Crippen molar-refractivity contribution in [1.29, 1.82) is 0 Å². The molecule has 0 spiro atoms. The smallest absolute Gasteiger partial charge is 0.363 e. The van der Waals surface area contributed by atoms with Crippen molar-refractivity contribution in [2.75, 3.05) is 13.1 Å². The maximum Gasteiger partial charge on any atom is 0.363 e. The molecule has 0 amide bonds. The molecule has 2 aromatic rings. The molecule has 0 fully saturated rings. The number of hydrogen-bond donors (Lipinski definition) is 0. The summed E-state index contributed by atoms with van der Waals surface area (Å²) >= 11 is 0. The monoisotopic (exact) mass is 402 g/mol. The summed E-state index contributed by atoms with van der Waals surface area (Å²) in [5.74, 6) is -1.01. The number of carbonyl (C=O) groups excluding carboxylic acids is 1. The Labute approximate surface area is 163 Å². The van der Waals surface area contributed by atoms with Gasteiger partial charge in [0.25, 0.3) is 0 Å². The van der Waals surface area contributed by atoms with Crippen LogP contribution in [0.5, 0.6) is 0 Å². The van der Waals surface area contributed by atoms with E-state index in [0.717, 1.165) is 0 Å². The molecule has 0 radical (unpaired) electrons. The summed E-state index contributed by atoms with van der Waals surface area (Å²) in [5, 5.41) is 0. The predicted octanol–water partition coefficient (Wildman–Crippen LogP) is 3.20. The topological polar surface area (TPSA) is 76.0 Å². The van der Waals surface area contributed by atoms with E-state index in [-0.39, 0.29) is 16.5 Å². The minimum absolute atomic E-state index is 0.0421. The Hall–Kier alpha value is -2.84. The second kappa shape index (κ2) is 8.04. The van der Waals surface area contributed by atoms with E-state index in [4.69, 9.17) is 4.74 Å². The highest BCUT2D eigenvalue weighted by Crippen LogP contribution is 2.21. The van der Waals surface area contributed by atoms with Gasteiger partial charge in [0.2, 0.25) is 15.9 Å². The van der Waals surface area contributed by atoms with Crippen LogP contribution < -0.4 is 0 Å². The van der Waals surface area contributed by atoms with Crippen LogP contribution >= 0.6 is 0 Å². The van der Waals surface area contributed by atoms with Crippen LogP contribution in [0.2, 0.25) is 0 Å². The molecule has 6 nitrogen and oxygen atoms in total. The van der Waals surface area contributed by atoms with Crippen molar-refractivity contribution in [2.45, 2.75) is 18.7 Å². The van der Waals surface area contributed by atoms with Crippen LogP contribution in [0.15, 0.2) is 64.1 Å². The highest BCUT2D eigenvalue weighted by atomic mass is 32.2. The molecule has 0 atom stereocenters. The Morgan fingerprint density at radius 3 is 2.39 bits per heavy atom. The first-order chi connectivity index (χ1) is 13.3. The number of ether oxygens (including phenoxy) is 1. The van der Waals surface area contributed by atoms with Crippen molar-refractivity contribution in [3.8, 4) is 0 Å². The number of cyclic esters (lactones) is 1. The summed E-state index contributed by atoms with van der Waals surface area (Å²) in [5.41, 5.74) is 0.993. The van der Waals surface area contributed by atoms with Gasteiger partial charge in [-0.05, 0) is 48.0 Å². The van der Waals surface area contributed by atoms with Gasteiger partial charge in [0.05, 0.1) is 4.90 Å². The Kier molecular flexibility index (Phi) is 5.71. The maximum absolute atomic E-state index is 13.3. The molecule has 2 aromatic carbocycles. The number of sulfonamides is 1. The highest BCUT2D eigenvalue weighted by molar-refractivity contribution is 7.89. The summed E-state index contributed by atoms with van der Waals surface area (Å²) < 4.78 is 44.9. The standard InChI is InChI=1S/C20H19FN2O4S/c1-3-23(4-2)28(25,26)17-10-8-15(9-11-17)19-22-18(20(24)27-19)13-14-6-5-7-16(21)12-14/h5-13H,3-4H2,1-2H3/b18-13-. The first kappa shape index (κ1) is 19.9. The summed E-state index contributed by atoms with van der Waals surface area (Å²) in [4.78, 5) is 16.3. The molecule has 1 heterocycles. The van der Waals surface area contributed by atoms with Gasteiger partial charge in [-0.25, -0.2) is 22.6 Å². The third-order valence-corrected chi connectivity index (χ3v) is 6.28. The van der Waals surface area contributed by atoms with Crippen LogP contribution in [0.1, 0.15) is 25.0 Å². The second-order valence-corrected chi connectivity index (χ2v) is 7.94. The molecule has 0 bridgehead atoms. The van der Waals surface area contributed by atoms with Crippen molar-refractivity contribution in [2.24, 2.45) is 4.99 Å². The van der Waals surface area contributed by atoms with E-state index < -0.39 is 21.8 Å². The van der Waals surface area contributed by atoms with E-state index >= 15 is 0 Å². The van der Waals surface area contributed by atoms with Gasteiger partial charge >= 0.3 is 5.97 Å². The van der Waals surface area contributed by atoms with Gasteiger partial charge in [0.15, 0.2) is 5.70 Å². The Balaban J connectivity index is 1.87. The number of rotatable bonds is 6. The molecular formula is C20H19FN2O4S. The van der Waals surface area contributed by atoms with Gasteiger partial charge < -0.3 is 4.74 Å². The molecule has 28 heavy (non-hydrogen) atoms. The minimum atomic E-state index is -3.57. The summed E-state index contributed by atoms with van der Waals surface area (Å²) in [6.07, 6.45) is 1.43. The lowest BCUT2D eigenvalue weighted by Gasteiger charge is -2.18. The fourth-order valence-corrected chi connectivity index (χ4v) is 4.23. The molecule has 0 N–H and O–H groups in total. The van der Waals surface area contributed by atoms with Crippen molar-refractivity contribution in [1.82, 2.24) is 4.31 Å². The second-order valence-electron chi connectivity index (χ2n) is 6.00. The van der Waals surface area contributed by atoms with Gasteiger partial charge in [-0.2, -0.15) is 4.31 Å². The predicted molar refractivity (Wildman–Crippen MR) is 104 cm³/mol. The third-order valence-electron chi connectivity index (χ3n) is 4.22. The van der Waals surface area contributed by atoms with Gasteiger partial charge in [-0.1, -0.05) is 26.0 Å². The zero-order valence-corrected chi connectivity index (χ0v) is 16.2. The molecule has 0 saturated heterocycles. The Morgan fingerprint density at radius 1 is 1.11 bits per heavy atom. The van der Waals surface area contributed by atoms with Crippen molar-refractivity contribution in [3.63, 3.8) is 0 Å². The number of aliphatic imine (C=N–C) groups is 1. The van der Waals surface area contributed by atoms with Crippen LogP contribution in [-0.4, -0.2) is 37.7 Å². The fraction of sp³-hybridized carbons (Fsp3) is 0.200. The average molecular weight is 402 g/mol. The van der Waals surface area contributed by atoms with E-state index in [1.807, 2.05) is 0 Å². The largest absolute Gasteiger partial charge is 0.402 e. The number of esters is 1. The summed E-state index contributed by atoms with van der Waals surface area (Å²) in [7, 11) is -3.57. The lowest BCUT2D eigenvalue weighted by atomic mass is 10.2. The molecule has 0 saturated carbocycles. The molecule has 0 aliphatic carbocycles. The fourth-order valence-electron chi connectivity index (χ4n) is 2.77. The van der Waals surface area contributed by atoms with Crippen molar-refractivity contribution in [3.05, 3.63) is 71.2 Å². The van der Waals surface area contributed by atoms with E-state index in [1.54, 1.807) is 19.9 Å². The van der Waals surface area contributed by atoms with Crippen LogP contribution in [0.3, 0.4) is 0 Å². The third kappa shape index (κ3) is 4.02. The van der Waals surface area contributed by atoms with Crippen LogP contribution in [0, 0.1) is 5.82 Å². The zero-order valence-electron chi connectivity index (χ0n) is 15.4. The van der Waals surface area contributed by atoms with Gasteiger partial charge in [-0.3, -0.25) is 0 Å². The first-order valence-electron chi connectivity index (χ1n) is 8.74. The van der Waals surface area contributed by atoms with Crippen LogP contribution in [0.25, 0.3) is 6.08 Å². The van der Waals surface area contributed by atoms with Crippen molar-refractivity contribution >= 4 is 28.0 Å². The number of halogens is 1. The van der Waals surface area contributed by atoms with Crippen LogP contribution in [0.4, 0.5) is 4.39 Å². The van der Waals surface area contributed by atoms with Gasteiger partial charge in [0.1, 0.15) is 5.82 Å². The normalized spacial score (nSPS) is 15.8. The van der Waals surface area contributed by atoms with Crippen LogP contribution in [-0.2, 0) is 19.6 Å². The number of carbonyl (C=O) groups is 1. The molecule has 8 heteroatoms. The quantitative estimate of drug-likeness (QED) is 0.549. The molecule has 0 aromatic heterocycles. The summed E-state index contributed by atoms with van der Waals surface area (Å²) in [6, 6.07) is 11.7. The maximum atomic E-state index is 13.3. The van der Waals surface area contributed by atoms with Gasteiger partial charge in [0, 0.05) is 18.7 Å². The highest BCUT2D eigenvalue weighted by Gasteiger charge is 2.26. The Morgan fingerprint density at radius 2 is 1.79 bits per heavy atom. The first-order valence-corrected chi connectivity index (χ1v) is 10.2. The molecule has 146 valence electrons.